The number of nitrogens with zero attached hydrogens (tertiary/aromatic N) is 3. The van der Waals surface area contributed by atoms with Crippen molar-refractivity contribution in [2.24, 2.45) is 0 Å². The van der Waals surface area contributed by atoms with Crippen LogP contribution in [0.15, 0.2) is 24.5 Å². The minimum absolute atomic E-state index is 0.288. The molecule has 0 aromatic carbocycles. The van der Waals surface area contributed by atoms with Crippen LogP contribution in [0.4, 0.5) is 0 Å². The predicted octanol–water partition coefficient (Wildman–Crippen LogP) is 0.520. The van der Waals surface area contributed by atoms with E-state index in [1.807, 2.05) is 17.0 Å². The van der Waals surface area contributed by atoms with Crippen molar-refractivity contribution in [2.75, 3.05) is 39.3 Å². The molecular weight excluding hydrogens is 264 g/mol. The van der Waals surface area contributed by atoms with Crippen LogP contribution in [0, 0.1) is 0 Å². The summed E-state index contributed by atoms with van der Waals surface area (Å²) in [6, 6.07) is 4.65. The molecule has 1 unspecified atom stereocenters. The molecule has 5 heteroatoms. The van der Waals surface area contributed by atoms with Gasteiger partial charge in [0.2, 0.25) is 5.91 Å². The number of carbonyl (C=O) groups excluding carboxylic acids is 1. The average molecular weight is 288 g/mol. The highest BCUT2D eigenvalue weighted by Gasteiger charge is 2.27. The van der Waals surface area contributed by atoms with Crippen LogP contribution in [0.2, 0.25) is 0 Å². The monoisotopic (exact) mass is 288 g/mol. The van der Waals surface area contributed by atoms with E-state index in [-0.39, 0.29) is 5.91 Å². The molecule has 5 nitrogen and oxygen atoms in total. The molecule has 21 heavy (non-hydrogen) atoms. The summed E-state index contributed by atoms with van der Waals surface area (Å²) in [5.41, 5.74) is 1.19. The highest BCUT2D eigenvalue weighted by atomic mass is 16.2. The average Bonchev–Trinajstić information content (AvgIpc) is 3.08. The zero-order valence-electron chi connectivity index (χ0n) is 12.5. The zero-order chi connectivity index (χ0) is 14.5. The van der Waals surface area contributed by atoms with Crippen LogP contribution >= 0.6 is 0 Å². The molecule has 1 amide bonds. The third-order valence-electron chi connectivity index (χ3n) is 4.59. The topological polar surface area (TPSA) is 48.5 Å². The molecule has 3 rings (SSSR count). The molecule has 0 spiro atoms. The normalized spacial score (nSPS) is 23.4. The number of pyridine rings is 1. The molecule has 1 aromatic heterocycles. The summed E-state index contributed by atoms with van der Waals surface area (Å²) in [5, 5.41) is 3.41. The van der Waals surface area contributed by atoms with Gasteiger partial charge in [0.05, 0.1) is 0 Å². The van der Waals surface area contributed by atoms with Crippen LogP contribution in [0.1, 0.15) is 18.4 Å². The molecule has 0 aliphatic carbocycles. The van der Waals surface area contributed by atoms with Gasteiger partial charge in [0.15, 0.2) is 0 Å². The van der Waals surface area contributed by atoms with Gasteiger partial charge in [-0.25, -0.2) is 0 Å². The summed E-state index contributed by atoms with van der Waals surface area (Å²) >= 11 is 0. The van der Waals surface area contributed by atoms with E-state index in [2.05, 4.69) is 15.2 Å². The minimum Gasteiger partial charge on any atom is -0.340 e. The first-order chi connectivity index (χ1) is 10.3. The smallest absolute Gasteiger partial charge is 0.222 e. The van der Waals surface area contributed by atoms with E-state index < -0.39 is 0 Å². The maximum absolute atomic E-state index is 12.3. The zero-order valence-corrected chi connectivity index (χ0v) is 12.5. The number of piperazine rings is 1. The number of hydrogen-bond donors (Lipinski definition) is 1. The Bertz CT molecular complexity index is 451. The van der Waals surface area contributed by atoms with Gasteiger partial charge in [-0.05, 0) is 37.1 Å². The van der Waals surface area contributed by atoms with E-state index in [4.69, 9.17) is 0 Å². The Morgan fingerprint density at radius 3 is 2.67 bits per heavy atom. The number of aryl methyl sites for hydroxylation is 1. The lowest BCUT2D eigenvalue weighted by atomic mass is 10.1. The van der Waals surface area contributed by atoms with Crippen LogP contribution in [-0.2, 0) is 11.2 Å². The van der Waals surface area contributed by atoms with Crippen LogP contribution in [0.25, 0.3) is 0 Å². The minimum atomic E-state index is 0.288. The Morgan fingerprint density at radius 1 is 1.24 bits per heavy atom. The van der Waals surface area contributed by atoms with Crippen molar-refractivity contribution in [2.45, 2.75) is 25.3 Å². The molecule has 0 radical (unpaired) electrons. The number of hydrogen-bond acceptors (Lipinski definition) is 4. The Labute approximate surface area is 126 Å². The van der Waals surface area contributed by atoms with E-state index in [0.717, 1.165) is 45.7 Å². The summed E-state index contributed by atoms with van der Waals surface area (Å²) < 4.78 is 0. The second-order valence-corrected chi connectivity index (χ2v) is 5.92. The molecule has 2 fully saturated rings. The molecule has 2 aliphatic rings. The standard InChI is InChI=1S/C16H24N4O/c21-16(2-1-14-3-6-17-7-4-14)20-11-9-19(10-12-20)15-5-8-18-13-15/h3-4,6-7,15,18H,1-2,5,8-13H2. The van der Waals surface area contributed by atoms with Crippen LogP contribution < -0.4 is 5.32 Å². The summed E-state index contributed by atoms with van der Waals surface area (Å²) in [5.74, 6) is 0.288. The predicted molar refractivity (Wildman–Crippen MR) is 82.0 cm³/mol. The largest absolute Gasteiger partial charge is 0.340 e. The summed E-state index contributed by atoms with van der Waals surface area (Å²) in [6.07, 6.45) is 6.24. The highest BCUT2D eigenvalue weighted by molar-refractivity contribution is 5.76. The van der Waals surface area contributed by atoms with Crippen molar-refractivity contribution >= 4 is 5.91 Å². The van der Waals surface area contributed by atoms with Crippen molar-refractivity contribution < 1.29 is 4.79 Å². The maximum Gasteiger partial charge on any atom is 0.222 e. The van der Waals surface area contributed by atoms with Gasteiger partial charge in [-0.3, -0.25) is 14.7 Å². The Morgan fingerprint density at radius 2 is 2.00 bits per heavy atom. The van der Waals surface area contributed by atoms with Gasteiger partial charge in [0, 0.05) is 57.6 Å². The molecule has 1 N–H and O–H groups in total. The van der Waals surface area contributed by atoms with E-state index in [9.17, 15) is 4.79 Å². The summed E-state index contributed by atoms with van der Waals surface area (Å²) in [6.45, 7) is 6.05. The van der Waals surface area contributed by atoms with E-state index >= 15 is 0 Å². The van der Waals surface area contributed by atoms with Gasteiger partial charge in [0.1, 0.15) is 0 Å². The van der Waals surface area contributed by atoms with Gasteiger partial charge >= 0.3 is 0 Å². The molecule has 3 heterocycles. The lowest BCUT2D eigenvalue weighted by molar-refractivity contribution is -0.133. The maximum atomic E-state index is 12.3. The third kappa shape index (κ3) is 3.80. The Kier molecular flexibility index (Phi) is 4.83. The molecular formula is C16H24N4O. The molecule has 0 bridgehead atoms. The van der Waals surface area contributed by atoms with E-state index in [1.54, 1.807) is 12.4 Å². The van der Waals surface area contributed by atoms with Gasteiger partial charge < -0.3 is 10.2 Å². The van der Waals surface area contributed by atoms with Crippen molar-refractivity contribution in [1.82, 2.24) is 20.1 Å². The van der Waals surface area contributed by atoms with Crippen molar-refractivity contribution in [1.29, 1.82) is 0 Å². The Hall–Kier alpha value is -1.46. The molecule has 1 atom stereocenters. The van der Waals surface area contributed by atoms with E-state index in [0.29, 0.717) is 12.5 Å². The van der Waals surface area contributed by atoms with Crippen molar-refractivity contribution in [3.05, 3.63) is 30.1 Å². The number of carbonyl (C=O) groups is 1. The highest BCUT2D eigenvalue weighted by Crippen LogP contribution is 2.13. The number of aromatic nitrogens is 1. The first-order valence-corrected chi connectivity index (χ1v) is 7.94. The van der Waals surface area contributed by atoms with Crippen molar-refractivity contribution in [3.8, 4) is 0 Å². The lowest BCUT2D eigenvalue weighted by Gasteiger charge is -2.37. The van der Waals surface area contributed by atoms with Crippen LogP contribution in [0.3, 0.4) is 0 Å². The Balaban J connectivity index is 1.42. The SMILES string of the molecule is O=C(CCc1ccncc1)N1CCN(C2CCNC2)CC1. The van der Waals surface area contributed by atoms with Crippen LogP contribution in [-0.4, -0.2) is 66.0 Å². The van der Waals surface area contributed by atoms with Gasteiger partial charge in [-0.2, -0.15) is 0 Å². The van der Waals surface area contributed by atoms with Gasteiger partial charge in [0.25, 0.3) is 0 Å². The fraction of sp³-hybridized carbons (Fsp3) is 0.625. The van der Waals surface area contributed by atoms with Gasteiger partial charge in [-0.1, -0.05) is 0 Å². The van der Waals surface area contributed by atoms with Crippen LogP contribution in [0.5, 0.6) is 0 Å². The fourth-order valence-corrected chi connectivity index (χ4v) is 3.25. The molecule has 1 aromatic rings. The fourth-order valence-electron chi connectivity index (χ4n) is 3.25. The molecule has 2 saturated heterocycles. The lowest BCUT2D eigenvalue weighted by Crippen LogP contribution is -2.52. The number of nitrogens with one attached hydrogen (secondary N) is 1. The second kappa shape index (κ2) is 7.00. The summed E-state index contributed by atoms with van der Waals surface area (Å²) in [4.78, 5) is 20.8. The summed E-state index contributed by atoms with van der Waals surface area (Å²) in [7, 11) is 0. The molecule has 0 saturated carbocycles. The third-order valence-corrected chi connectivity index (χ3v) is 4.59. The number of amides is 1. The first kappa shape index (κ1) is 14.5. The molecule has 114 valence electrons. The van der Waals surface area contributed by atoms with Crippen molar-refractivity contribution in [3.63, 3.8) is 0 Å². The first-order valence-electron chi connectivity index (χ1n) is 7.94. The van der Waals surface area contributed by atoms with Gasteiger partial charge in [-0.15, -0.1) is 0 Å². The quantitative estimate of drug-likeness (QED) is 0.877. The molecule has 2 aliphatic heterocycles. The second-order valence-electron chi connectivity index (χ2n) is 5.92. The number of rotatable bonds is 4. The van der Waals surface area contributed by atoms with E-state index in [1.165, 1.54) is 12.0 Å².